The highest BCUT2D eigenvalue weighted by Crippen LogP contribution is 2.28. The van der Waals surface area contributed by atoms with Gasteiger partial charge in [-0.05, 0) is 62.0 Å². The van der Waals surface area contributed by atoms with Crippen molar-refractivity contribution in [3.63, 3.8) is 0 Å². The quantitative estimate of drug-likeness (QED) is 0.737. The maximum atomic E-state index is 13.2. The van der Waals surface area contributed by atoms with E-state index in [1.165, 1.54) is 12.1 Å². The first kappa shape index (κ1) is 18.0. The Morgan fingerprint density at radius 3 is 2.50 bits per heavy atom. The Hall–Kier alpha value is -2.34. The maximum absolute atomic E-state index is 13.2. The van der Waals surface area contributed by atoms with Crippen LogP contribution in [-0.2, 0) is 6.54 Å². The minimum Gasteiger partial charge on any atom is -0.490 e. The summed E-state index contributed by atoms with van der Waals surface area (Å²) in [6.45, 7) is 5.53. The van der Waals surface area contributed by atoms with Crippen molar-refractivity contribution >= 4 is 23.0 Å². The number of anilines is 1. The normalized spacial score (nSPS) is 10.1. The van der Waals surface area contributed by atoms with Crippen LogP contribution in [0, 0.1) is 5.82 Å². The third kappa shape index (κ3) is 5.38. The van der Waals surface area contributed by atoms with E-state index in [-0.39, 0.29) is 5.82 Å². The third-order valence-corrected chi connectivity index (χ3v) is 3.39. The van der Waals surface area contributed by atoms with Gasteiger partial charge in [0, 0.05) is 12.2 Å². The first-order chi connectivity index (χ1) is 11.6. The summed E-state index contributed by atoms with van der Waals surface area (Å²) < 4.78 is 24.3. The lowest BCUT2D eigenvalue weighted by atomic mass is 10.2. The lowest BCUT2D eigenvalue weighted by Gasteiger charge is -2.14. The fourth-order valence-corrected chi connectivity index (χ4v) is 2.32. The number of hydrogen-bond acceptors (Lipinski definition) is 3. The van der Waals surface area contributed by atoms with Crippen LogP contribution >= 0.6 is 12.2 Å². The molecule has 2 rings (SSSR count). The van der Waals surface area contributed by atoms with Gasteiger partial charge in [0.1, 0.15) is 5.82 Å². The average Bonchev–Trinajstić information content (AvgIpc) is 2.55. The molecular formula is C18H21FN2O2S. The molecule has 2 N–H and O–H groups in total. The van der Waals surface area contributed by atoms with Crippen LogP contribution in [0.3, 0.4) is 0 Å². The lowest BCUT2D eigenvalue weighted by molar-refractivity contribution is 0.287. The van der Waals surface area contributed by atoms with Crippen molar-refractivity contribution in [2.75, 3.05) is 18.5 Å². The fourth-order valence-electron chi connectivity index (χ4n) is 2.13. The predicted molar refractivity (Wildman–Crippen MR) is 98.2 cm³/mol. The Bertz CT molecular complexity index is 694. The molecule has 0 unspecified atom stereocenters. The lowest BCUT2D eigenvalue weighted by Crippen LogP contribution is -2.27. The van der Waals surface area contributed by atoms with Crippen LogP contribution in [0.15, 0.2) is 42.5 Å². The minimum atomic E-state index is -0.310. The van der Waals surface area contributed by atoms with Crippen molar-refractivity contribution < 1.29 is 13.9 Å². The zero-order chi connectivity index (χ0) is 17.4. The molecule has 0 bridgehead atoms. The van der Waals surface area contributed by atoms with Gasteiger partial charge in [0.05, 0.1) is 13.2 Å². The monoisotopic (exact) mass is 348 g/mol. The Balaban J connectivity index is 1.95. The van der Waals surface area contributed by atoms with Gasteiger partial charge in [0.25, 0.3) is 0 Å². The van der Waals surface area contributed by atoms with Gasteiger partial charge in [0.15, 0.2) is 16.6 Å². The summed E-state index contributed by atoms with van der Waals surface area (Å²) >= 11 is 5.23. The van der Waals surface area contributed by atoms with E-state index in [1.54, 1.807) is 12.1 Å². The largest absolute Gasteiger partial charge is 0.490 e. The molecule has 0 atom stereocenters. The molecule has 6 heteroatoms. The van der Waals surface area contributed by atoms with E-state index in [1.807, 2.05) is 32.0 Å². The summed E-state index contributed by atoms with van der Waals surface area (Å²) in [5.74, 6) is 1.13. The van der Waals surface area contributed by atoms with E-state index in [9.17, 15) is 4.39 Å². The molecule has 0 aliphatic heterocycles. The Labute approximate surface area is 147 Å². The summed E-state index contributed by atoms with van der Waals surface area (Å²) in [5, 5.41) is 6.46. The van der Waals surface area contributed by atoms with Crippen LogP contribution < -0.4 is 20.1 Å². The van der Waals surface area contributed by atoms with Gasteiger partial charge in [-0.3, -0.25) is 0 Å². The molecule has 128 valence electrons. The SMILES string of the molecule is CCOc1ccc(CNC(=S)Nc2cccc(F)c2)cc1OCC. The van der Waals surface area contributed by atoms with Gasteiger partial charge < -0.3 is 20.1 Å². The number of rotatable bonds is 7. The van der Waals surface area contributed by atoms with Gasteiger partial charge in [-0.25, -0.2) is 4.39 Å². The van der Waals surface area contributed by atoms with E-state index >= 15 is 0 Å². The molecule has 2 aromatic rings. The molecule has 0 heterocycles. The van der Waals surface area contributed by atoms with Crippen molar-refractivity contribution in [2.45, 2.75) is 20.4 Å². The molecule has 0 amide bonds. The average molecular weight is 348 g/mol. The maximum Gasteiger partial charge on any atom is 0.171 e. The smallest absolute Gasteiger partial charge is 0.171 e. The zero-order valence-corrected chi connectivity index (χ0v) is 14.6. The van der Waals surface area contributed by atoms with Crippen molar-refractivity contribution in [2.24, 2.45) is 0 Å². The molecule has 0 aliphatic carbocycles. The van der Waals surface area contributed by atoms with Gasteiger partial charge in [-0.15, -0.1) is 0 Å². The topological polar surface area (TPSA) is 42.5 Å². The highest BCUT2D eigenvalue weighted by Gasteiger charge is 2.07. The summed E-state index contributed by atoms with van der Waals surface area (Å²) in [5.41, 5.74) is 1.61. The van der Waals surface area contributed by atoms with Crippen LogP contribution in [0.4, 0.5) is 10.1 Å². The summed E-state index contributed by atoms with van der Waals surface area (Å²) in [7, 11) is 0. The second kappa shape index (κ2) is 9.08. The number of ether oxygens (including phenoxy) is 2. The van der Waals surface area contributed by atoms with Crippen molar-refractivity contribution in [1.29, 1.82) is 0 Å². The number of nitrogens with one attached hydrogen (secondary N) is 2. The molecule has 0 aromatic heterocycles. The second-order valence-electron chi connectivity index (χ2n) is 4.97. The number of hydrogen-bond donors (Lipinski definition) is 2. The fraction of sp³-hybridized carbons (Fsp3) is 0.278. The first-order valence-corrected chi connectivity index (χ1v) is 8.22. The first-order valence-electron chi connectivity index (χ1n) is 7.81. The summed E-state index contributed by atoms with van der Waals surface area (Å²) in [6, 6.07) is 11.9. The number of benzene rings is 2. The second-order valence-corrected chi connectivity index (χ2v) is 5.37. The van der Waals surface area contributed by atoms with E-state index in [4.69, 9.17) is 21.7 Å². The molecule has 24 heavy (non-hydrogen) atoms. The molecule has 0 saturated carbocycles. The molecule has 0 fully saturated rings. The molecule has 4 nitrogen and oxygen atoms in total. The highest BCUT2D eigenvalue weighted by atomic mass is 32.1. The Kier molecular flexibility index (Phi) is 6.81. The van der Waals surface area contributed by atoms with E-state index in [0.29, 0.717) is 36.3 Å². The van der Waals surface area contributed by atoms with Gasteiger partial charge >= 0.3 is 0 Å². The Morgan fingerprint density at radius 1 is 1.04 bits per heavy atom. The van der Waals surface area contributed by atoms with Crippen LogP contribution in [0.25, 0.3) is 0 Å². The van der Waals surface area contributed by atoms with Crippen LogP contribution in [-0.4, -0.2) is 18.3 Å². The van der Waals surface area contributed by atoms with Crippen molar-refractivity contribution in [3.05, 3.63) is 53.8 Å². The van der Waals surface area contributed by atoms with Crippen LogP contribution in [0.5, 0.6) is 11.5 Å². The summed E-state index contributed by atoms with van der Waals surface area (Å²) in [4.78, 5) is 0. The van der Waals surface area contributed by atoms with E-state index in [2.05, 4.69) is 10.6 Å². The Morgan fingerprint density at radius 2 is 1.79 bits per heavy atom. The summed E-state index contributed by atoms with van der Waals surface area (Å²) in [6.07, 6.45) is 0. The minimum absolute atomic E-state index is 0.310. The van der Waals surface area contributed by atoms with Crippen molar-refractivity contribution in [3.8, 4) is 11.5 Å². The van der Waals surface area contributed by atoms with Crippen LogP contribution in [0.1, 0.15) is 19.4 Å². The molecule has 0 saturated heterocycles. The molecule has 0 spiro atoms. The van der Waals surface area contributed by atoms with Crippen LogP contribution in [0.2, 0.25) is 0 Å². The molecule has 0 aliphatic rings. The van der Waals surface area contributed by atoms with E-state index in [0.717, 1.165) is 11.3 Å². The number of thiocarbonyl (C=S) groups is 1. The molecule has 0 radical (unpaired) electrons. The highest BCUT2D eigenvalue weighted by molar-refractivity contribution is 7.80. The molecular weight excluding hydrogens is 327 g/mol. The van der Waals surface area contributed by atoms with Gasteiger partial charge in [-0.1, -0.05) is 12.1 Å². The molecule has 2 aromatic carbocycles. The van der Waals surface area contributed by atoms with Gasteiger partial charge in [0.2, 0.25) is 0 Å². The van der Waals surface area contributed by atoms with Gasteiger partial charge in [-0.2, -0.15) is 0 Å². The van der Waals surface area contributed by atoms with E-state index < -0.39 is 0 Å². The number of halogens is 1. The predicted octanol–water partition coefficient (Wildman–Crippen LogP) is 4.11. The zero-order valence-electron chi connectivity index (χ0n) is 13.8. The van der Waals surface area contributed by atoms with Crippen molar-refractivity contribution in [1.82, 2.24) is 5.32 Å². The third-order valence-electron chi connectivity index (χ3n) is 3.14. The standard InChI is InChI=1S/C18H21FN2O2S/c1-3-22-16-9-8-13(10-17(16)23-4-2)12-20-18(24)21-15-7-5-6-14(19)11-15/h5-11H,3-4,12H2,1-2H3,(H2,20,21,24).